The van der Waals surface area contributed by atoms with E-state index >= 15 is 9.59 Å². The maximum Gasteiger partial charge on any atom is 0.269 e. The number of imide groups is 1. The number of ether oxygens (including phenoxy) is 1. The number of aromatic hydroxyl groups is 1. The largest absolute Gasteiger partial charge is 0.504 e. The first kappa shape index (κ1) is 32.1. The van der Waals surface area contributed by atoms with E-state index < -0.39 is 51.7 Å². The van der Waals surface area contributed by atoms with Crippen molar-refractivity contribution in [3.8, 4) is 11.5 Å². The highest BCUT2D eigenvalue weighted by molar-refractivity contribution is 6.32. The number of nitro benzene ring substituents is 1. The number of fused-ring (bicyclic) bond motifs is 4. The topological polar surface area (TPSA) is 144 Å². The molecule has 1 saturated heterocycles. The van der Waals surface area contributed by atoms with Crippen LogP contribution >= 0.6 is 0 Å². The van der Waals surface area contributed by atoms with Crippen LogP contribution in [0.3, 0.4) is 0 Å². The summed E-state index contributed by atoms with van der Waals surface area (Å²) < 4.78 is 5.52. The number of rotatable bonds is 6. The fourth-order valence-electron chi connectivity index (χ4n) is 9.10. The highest BCUT2D eigenvalue weighted by Crippen LogP contribution is 2.64. The third-order valence-corrected chi connectivity index (χ3v) is 11.2. The fraction of sp³-hybridized carbons (Fsp3) is 0.220. The first-order valence-electron chi connectivity index (χ1n) is 16.8. The van der Waals surface area contributed by atoms with Crippen LogP contribution in [0, 0.1) is 33.8 Å². The number of anilines is 1. The molecule has 0 bridgehead atoms. The minimum Gasteiger partial charge on any atom is -0.504 e. The SMILES string of the molecule is COc1cc([C@H]2C3=CC[C@@H]4C(=O)N(c5ccc([N+](=O)[O-])cc5)C(=O)[C@@H]4[C@@H]3C[C@H]3C(=O)C(c4ccccc4)=CC(=O)[C@@]23c2ccccc2)ccc1O. The number of benzene rings is 4. The van der Waals surface area contributed by atoms with Gasteiger partial charge in [-0.2, -0.15) is 0 Å². The first-order valence-corrected chi connectivity index (χ1v) is 16.8. The zero-order chi connectivity index (χ0) is 35.6. The van der Waals surface area contributed by atoms with Gasteiger partial charge in [0, 0.05) is 29.5 Å². The molecule has 4 aliphatic rings. The average molecular weight is 681 g/mol. The van der Waals surface area contributed by atoms with Crippen molar-refractivity contribution in [1.82, 2.24) is 0 Å². The predicted molar refractivity (Wildman–Crippen MR) is 187 cm³/mol. The van der Waals surface area contributed by atoms with Crippen LogP contribution in [0.4, 0.5) is 11.4 Å². The Balaban J connectivity index is 1.34. The Bertz CT molecular complexity index is 2190. The van der Waals surface area contributed by atoms with Gasteiger partial charge in [-0.3, -0.25) is 34.2 Å². The van der Waals surface area contributed by atoms with E-state index in [0.717, 1.165) is 10.5 Å². The number of nitrogens with zero attached hydrogens (tertiary/aromatic N) is 2. The molecule has 51 heavy (non-hydrogen) atoms. The Kier molecular flexibility index (Phi) is 7.55. The standard InChI is InChI=1S/C41H32N2O8/c1-51-34-20-24(12-19-33(34)44)37-28-17-18-29-36(40(48)42(39(29)47)26-13-15-27(16-14-26)43(49)50)31(28)21-32-38(46)30(23-8-4-2-5-9-23)22-35(45)41(32,37)25-10-6-3-7-11-25/h2-17,19-20,22,29,31-32,36-37,44H,18,21H2,1H3/t29-,31+,32-,36-,37-,41-/m0/s1. The summed E-state index contributed by atoms with van der Waals surface area (Å²) in [6, 6.07) is 28.5. The summed E-state index contributed by atoms with van der Waals surface area (Å²) in [5.41, 5.74) is 1.59. The third-order valence-electron chi connectivity index (χ3n) is 11.2. The lowest BCUT2D eigenvalue weighted by Gasteiger charge is -2.55. The van der Waals surface area contributed by atoms with E-state index in [-0.39, 0.29) is 47.3 Å². The molecule has 4 aromatic rings. The highest BCUT2D eigenvalue weighted by atomic mass is 16.6. The molecule has 10 nitrogen and oxygen atoms in total. The molecule has 4 aromatic carbocycles. The van der Waals surface area contributed by atoms with Gasteiger partial charge in [-0.15, -0.1) is 0 Å². The second-order valence-corrected chi connectivity index (χ2v) is 13.5. The molecule has 1 saturated carbocycles. The van der Waals surface area contributed by atoms with E-state index in [0.29, 0.717) is 22.3 Å². The van der Waals surface area contributed by atoms with Crippen LogP contribution in [0.1, 0.15) is 35.4 Å². The summed E-state index contributed by atoms with van der Waals surface area (Å²) >= 11 is 0. The summed E-state index contributed by atoms with van der Waals surface area (Å²) in [5.74, 6) is -5.08. The number of hydrogen-bond donors (Lipinski definition) is 1. The molecule has 1 N–H and O–H groups in total. The van der Waals surface area contributed by atoms with Crippen LogP contribution in [-0.4, -0.2) is 40.5 Å². The van der Waals surface area contributed by atoms with Gasteiger partial charge >= 0.3 is 0 Å². The molecule has 6 atom stereocenters. The number of carbonyl (C=O) groups excluding carboxylic acids is 4. The number of Topliss-reactive ketones (excluding diaryl/α,β-unsaturated/α-hetero) is 1. The summed E-state index contributed by atoms with van der Waals surface area (Å²) in [5, 5.41) is 21.9. The number of non-ortho nitro benzene ring substituents is 1. The zero-order valence-corrected chi connectivity index (χ0v) is 27.5. The predicted octanol–water partition coefficient (Wildman–Crippen LogP) is 6.34. The van der Waals surface area contributed by atoms with Crippen molar-refractivity contribution >= 4 is 40.3 Å². The lowest BCUT2D eigenvalue weighted by Crippen LogP contribution is -2.58. The monoisotopic (exact) mass is 680 g/mol. The van der Waals surface area contributed by atoms with E-state index in [1.54, 1.807) is 24.3 Å². The van der Waals surface area contributed by atoms with Crippen LogP contribution in [-0.2, 0) is 24.6 Å². The number of phenolic OH excluding ortho intramolecular Hbond substituents is 1. The summed E-state index contributed by atoms with van der Waals surface area (Å²) in [7, 11) is 1.43. The lowest BCUT2D eigenvalue weighted by molar-refractivity contribution is -0.384. The van der Waals surface area contributed by atoms with Gasteiger partial charge in [-0.25, -0.2) is 0 Å². The Hall–Kier alpha value is -6.16. The van der Waals surface area contributed by atoms with Crippen LogP contribution in [0.5, 0.6) is 11.5 Å². The van der Waals surface area contributed by atoms with Crippen molar-refractivity contribution in [2.24, 2.45) is 23.7 Å². The number of hydrogen-bond acceptors (Lipinski definition) is 8. The molecular formula is C41H32N2O8. The maximum absolute atomic E-state index is 15.1. The van der Waals surface area contributed by atoms with Crippen LogP contribution in [0.2, 0.25) is 0 Å². The van der Waals surface area contributed by atoms with Gasteiger partial charge in [0.2, 0.25) is 11.8 Å². The summed E-state index contributed by atoms with van der Waals surface area (Å²) in [4.78, 5) is 70.5. The zero-order valence-electron chi connectivity index (χ0n) is 27.5. The van der Waals surface area contributed by atoms with Gasteiger partial charge < -0.3 is 9.84 Å². The van der Waals surface area contributed by atoms with E-state index in [1.165, 1.54) is 43.5 Å². The van der Waals surface area contributed by atoms with Gasteiger partial charge in [0.15, 0.2) is 23.1 Å². The van der Waals surface area contributed by atoms with Crippen molar-refractivity contribution in [3.05, 3.63) is 148 Å². The van der Waals surface area contributed by atoms with Gasteiger partial charge in [-0.1, -0.05) is 78.4 Å². The molecule has 1 heterocycles. The first-order chi connectivity index (χ1) is 24.7. The van der Waals surface area contributed by atoms with E-state index in [9.17, 15) is 24.8 Å². The highest BCUT2D eigenvalue weighted by Gasteiger charge is 2.66. The van der Waals surface area contributed by atoms with Crippen molar-refractivity contribution < 1.29 is 33.9 Å². The molecule has 2 fully saturated rings. The Morgan fingerprint density at radius 1 is 0.863 bits per heavy atom. The van der Waals surface area contributed by atoms with E-state index in [2.05, 4.69) is 0 Å². The second-order valence-electron chi connectivity index (χ2n) is 13.5. The quantitative estimate of drug-likeness (QED) is 0.108. The van der Waals surface area contributed by atoms with Gasteiger partial charge in [-0.05, 0) is 65.8 Å². The maximum atomic E-state index is 15.1. The molecular weight excluding hydrogens is 648 g/mol. The third kappa shape index (κ3) is 4.70. The molecule has 1 aliphatic heterocycles. The van der Waals surface area contributed by atoms with Crippen LogP contribution < -0.4 is 9.64 Å². The molecule has 0 unspecified atom stereocenters. The minimum atomic E-state index is -1.42. The van der Waals surface area contributed by atoms with Crippen molar-refractivity contribution in [1.29, 1.82) is 0 Å². The number of nitro groups is 1. The molecule has 0 spiro atoms. The normalized spacial score (nSPS) is 26.8. The lowest BCUT2D eigenvalue weighted by atomic mass is 9.44. The van der Waals surface area contributed by atoms with E-state index in [1.807, 2.05) is 54.6 Å². The molecule has 0 radical (unpaired) electrons. The number of ketones is 2. The van der Waals surface area contributed by atoms with Crippen molar-refractivity contribution in [2.75, 3.05) is 12.0 Å². The Labute approximate surface area is 292 Å². The number of methoxy groups -OCH3 is 1. The fourth-order valence-corrected chi connectivity index (χ4v) is 9.10. The number of carbonyl (C=O) groups is 4. The van der Waals surface area contributed by atoms with Gasteiger partial charge in [0.1, 0.15) is 0 Å². The summed E-state index contributed by atoms with van der Waals surface area (Å²) in [6.07, 6.45) is 3.77. The Morgan fingerprint density at radius 3 is 2.22 bits per heavy atom. The number of amides is 2. The van der Waals surface area contributed by atoms with Crippen LogP contribution in [0.15, 0.2) is 121 Å². The minimum absolute atomic E-state index is 0.0933. The number of allylic oxidation sites excluding steroid dienone is 4. The van der Waals surface area contributed by atoms with Crippen molar-refractivity contribution in [2.45, 2.75) is 24.2 Å². The molecule has 2 amide bonds. The molecule has 0 aromatic heterocycles. The molecule has 10 heteroatoms. The number of phenols is 1. The smallest absolute Gasteiger partial charge is 0.269 e. The second kappa shape index (κ2) is 12.0. The average Bonchev–Trinajstić information content (AvgIpc) is 3.42. The molecule has 254 valence electrons. The summed E-state index contributed by atoms with van der Waals surface area (Å²) in [6.45, 7) is 0. The van der Waals surface area contributed by atoms with E-state index in [4.69, 9.17) is 4.74 Å². The van der Waals surface area contributed by atoms with Gasteiger partial charge in [0.05, 0.1) is 35.0 Å². The van der Waals surface area contributed by atoms with Gasteiger partial charge in [0.25, 0.3) is 5.69 Å². The Morgan fingerprint density at radius 2 is 1.55 bits per heavy atom. The van der Waals surface area contributed by atoms with Crippen LogP contribution in [0.25, 0.3) is 5.57 Å². The van der Waals surface area contributed by atoms with Crippen molar-refractivity contribution in [3.63, 3.8) is 0 Å². The molecule has 8 rings (SSSR count). The molecule has 3 aliphatic carbocycles.